The number of carbonyl (C=O) groups is 5. The van der Waals surface area contributed by atoms with Crippen molar-refractivity contribution in [1.82, 2.24) is 5.32 Å². The fourth-order valence-corrected chi connectivity index (χ4v) is 20.7. The number of phenols is 2. The molecule has 7 aromatic carbocycles. The Morgan fingerprint density at radius 3 is 1.59 bits per heavy atom. The van der Waals surface area contributed by atoms with Crippen molar-refractivity contribution >= 4 is 116 Å². The van der Waals surface area contributed by atoms with Crippen LogP contribution >= 0.6 is 55.7 Å². The maximum atomic E-state index is 13.3. The Balaban J connectivity index is 0.000000178. The molecule has 14 rings (SSSR count). The highest BCUT2D eigenvalue weighted by Gasteiger charge is 2.64. The number of rotatable bonds is 21. The van der Waals surface area contributed by atoms with Gasteiger partial charge in [-0.05, 0) is 309 Å². The van der Waals surface area contributed by atoms with Crippen LogP contribution in [0.2, 0.25) is 0 Å². The van der Waals surface area contributed by atoms with Crippen LogP contribution in [0.3, 0.4) is 0 Å². The summed E-state index contributed by atoms with van der Waals surface area (Å²) in [6.45, 7) is 27.8. The Morgan fingerprint density at radius 2 is 1.09 bits per heavy atom. The van der Waals surface area contributed by atoms with Crippen molar-refractivity contribution in [3.8, 4) is 22.1 Å². The summed E-state index contributed by atoms with van der Waals surface area (Å²) in [7, 11) is -5.21. The molecular formula is C94H118F3I2NO14S2. The summed E-state index contributed by atoms with van der Waals surface area (Å²) in [5, 5.41) is 24.2. The molecule has 5 atom stereocenters. The third-order valence-electron chi connectivity index (χ3n) is 24.2. The minimum absolute atomic E-state index is 0.00100. The number of thiophene rings is 1. The number of carbonyl (C=O) groups excluding carboxylic acids is 5. The number of ether oxygens (including phenoxy) is 4. The van der Waals surface area contributed by atoms with Gasteiger partial charge in [0.25, 0.3) is 5.91 Å². The minimum Gasteiger partial charge on any atom is -0.748 e. The van der Waals surface area contributed by atoms with Gasteiger partial charge in [0, 0.05) is 36.6 Å². The maximum Gasteiger partial charge on any atom is 0.426 e. The number of imide groups is 1. The molecule has 6 aliphatic rings. The van der Waals surface area contributed by atoms with Crippen molar-refractivity contribution in [1.29, 1.82) is 0 Å². The number of hydrogen-bond donors (Lipinski definition) is 3. The zero-order valence-corrected chi connectivity index (χ0v) is 75.6. The van der Waals surface area contributed by atoms with Crippen molar-refractivity contribution in [2.75, 3.05) is 5.75 Å². The van der Waals surface area contributed by atoms with E-state index in [1.54, 1.807) is 45.9 Å². The molecule has 0 spiro atoms. The first-order valence-electron chi connectivity index (χ1n) is 40.8. The van der Waals surface area contributed by atoms with Gasteiger partial charge < -0.3 is 33.7 Å². The molecule has 22 heteroatoms. The highest BCUT2D eigenvalue weighted by Crippen LogP contribution is 2.64. The topological polar surface area (TPSA) is 232 Å². The van der Waals surface area contributed by atoms with Crippen molar-refractivity contribution in [2.45, 2.75) is 260 Å². The van der Waals surface area contributed by atoms with Gasteiger partial charge in [-0.1, -0.05) is 159 Å². The first-order chi connectivity index (χ1) is 54.5. The molecule has 0 saturated heterocycles. The number of benzene rings is 7. The number of nitrogens with one attached hydrogen (secondary N) is 1. The van der Waals surface area contributed by atoms with Gasteiger partial charge in [-0.2, -0.15) is 13.2 Å². The molecule has 3 N–H and O–H groups in total. The van der Waals surface area contributed by atoms with E-state index in [9.17, 15) is 55.2 Å². The van der Waals surface area contributed by atoms with E-state index in [1.165, 1.54) is 68.3 Å². The Bertz CT molecular complexity index is 4680. The summed E-state index contributed by atoms with van der Waals surface area (Å²) >= 11 is 4.00. The fourth-order valence-electron chi connectivity index (χ4n) is 15.8. The summed E-state index contributed by atoms with van der Waals surface area (Å²) in [6, 6.07) is 58.1. The van der Waals surface area contributed by atoms with Crippen LogP contribution in [-0.4, -0.2) is 82.1 Å². The van der Waals surface area contributed by atoms with E-state index in [4.69, 9.17) is 19.3 Å². The molecule has 15 nitrogen and oxygen atoms in total. The quantitative estimate of drug-likeness (QED) is 0.0200. The number of esters is 3. The fraction of sp³-hybridized carbons (Fsp3) is 0.500. The average Bonchev–Trinajstić information content (AvgIpc) is 0.878. The second-order valence-electron chi connectivity index (χ2n) is 34.4. The second-order valence-corrected chi connectivity index (χ2v) is 40.2. The largest absolute Gasteiger partial charge is 0.748 e. The Labute approximate surface area is 715 Å². The zero-order valence-electron chi connectivity index (χ0n) is 69.7. The molecule has 4 bridgehead atoms. The summed E-state index contributed by atoms with van der Waals surface area (Å²) in [5.74, 6) is -1.94. The van der Waals surface area contributed by atoms with Gasteiger partial charge in [-0.3, -0.25) is 29.3 Å². The standard InChI is InChI=1S/C20H29F3O7S.C18H13S.C17H24O2.C16H24O.C13H15I2NO3.C10H14O/c1-4-17(2,3)15(24)30-19-8-12-5-13(9-19)7-18(6-12,11-19)16(25)29-14(20(21,22)23)10-31(26,27)28;1-2-8-14(9-3-1)19-17-12-6-4-10-15(17)16-11-5-7-13-18(16)19;1-4-16(2,3)15(18)19-17(12-8-9-13-17)14-10-6-5-7-11-14;1-4-13(2)14-7-9-15(10-8-14)17-16(3)11-5-6-12-16;1-4-13(2,3)12(19)16-11(18)8-5-7(14)6-9(15)10(8)17;1-3-8(2)9-5-4-6-10(11)7-9/h12-14H,4-11H2,1-3H3,(H,26,27,28);1-13H;5-7,10-11H,4,8-9,12-13H2,1-3H3;7-10,13H,4-6,11-12H2,1-3H3;5-6,17H,4H2,1-3H3,(H,16,18,19);4-8,11H,3H2,1-2H3/q;+1;;;;/p-1. The van der Waals surface area contributed by atoms with E-state index in [2.05, 4.69) is 183 Å². The molecule has 6 saturated carbocycles. The lowest BCUT2D eigenvalue weighted by molar-refractivity contribution is -0.239. The van der Waals surface area contributed by atoms with E-state index in [0.717, 1.165) is 59.8 Å². The van der Waals surface area contributed by atoms with E-state index in [-0.39, 0.29) is 63.1 Å². The van der Waals surface area contributed by atoms with E-state index in [0.29, 0.717) is 59.7 Å². The summed E-state index contributed by atoms with van der Waals surface area (Å²) in [5.41, 5.74) is -0.371. The van der Waals surface area contributed by atoms with E-state index < -0.39 is 73.3 Å². The van der Waals surface area contributed by atoms with E-state index in [1.807, 2.05) is 93.6 Å². The smallest absolute Gasteiger partial charge is 0.426 e. The predicted molar refractivity (Wildman–Crippen MR) is 472 cm³/mol. The average molecular weight is 1860 g/mol. The number of hydrogen-bond acceptors (Lipinski definition) is 14. The number of alkyl halides is 3. The van der Waals surface area contributed by atoms with Gasteiger partial charge in [0.15, 0.2) is 14.3 Å². The number of fused-ring (bicyclic) bond motifs is 3. The number of aromatic hydroxyl groups is 2. The minimum atomic E-state index is -5.27. The molecule has 1 heterocycles. The van der Waals surface area contributed by atoms with Crippen LogP contribution in [0.5, 0.6) is 17.2 Å². The SMILES string of the molecule is CCC(C)(C)C(=O)NC(=O)c1cc(I)cc(I)c1O.CCC(C)(C)C(=O)OC1(c2ccccc2)CCCC1.CCC(C)(C)C(=O)OC12CC3CC(C1)CC(C(=O)OC(CS(=O)(=O)[O-])C(F)(F)F)(C3)C2.CCC(C)c1ccc(OC2(C)CCCC2)cc1.CCC(C)c1cccc(O)c1.c1ccc(-[s+]2c3ccccc3c3ccccc32)cc1. The number of amides is 2. The molecule has 1 aromatic heterocycles. The lowest BCUT2D eigenvalue weighted by Crippen LogP contribution is -2.61. The van der Waals surface area contributed by atoms with Crippen LogP contribution in [-0.2, 0) is 49.1 Å². The molecule has 630 valence electrons. The van der Waals surface area contributed by atoms with Crippen LogP contribution in [0.4, 0.5) is 13.2 Å². The second kappa shape index (κ2) is 40.3. The molecule has 8 aromatic rings. The molecule has 0 radical (unpaired) electrons. The van der Waals surface area contributed by atoms with Gasteiger partial charge in [-0.25, -0.2) is 8.42 Å². The van der Waals surface area contributed by atoms with Gasteiger partial charge in [0.05, 0.1) is 41.2 Å². The molecule has 5 unspecified atom stereocenters. The number of halogens is 5. The Morgan fingerprint density at radius 1 is 0.603 bits per heavy atom. The molecular weight excluding hydrogens is 1740 g/mol. The van der Waals surface area contributed by atoms with Crippen molar-refractivity contribution in [3.05, 3.63) is 199 Å². The summed E-state index contributed by atoms with van der Waals surface area (Å²) < 4.78 is 99.5. The Kier molecular flexibility index (Phi) is 32.8. The molecule has 6 aliphatic carbocycles. The number of phenolic OH excluding ortho intramolecular Hbond substituents is 2. The van der Waals surface area contributed by atoms with Crippen LogP contribution in [0.1, 0.15) is 258 Å². The van der Waals surface area contributed by atoms with Crippen LogP contribution < -0.4 is 10.1 Å². The molecule has 6 fully saturated rings. The first kappa shape index (κ1) is 94.4. The van der Waals surface area contributed by atoms with Crippen molar-refractivity contribution in [2.24, 2.45) is 33.5 Å². The third kappa shape index (κ3) is 24.8. The Hall–Kier alpha value is -7.13. The van der Waals surface area contributed by atoms with E-state index >= 15 is 0 Å². The summed E-state index contributed by atoms with van der Waals surface area (Å²) in [6.07, 6.45) is 7.76. The summed E-state index contributed by atoms with van der Waals surface area (Å²) in [4.78, 5) is 63.5. The predicted octanol–water partition coefficient (Wildman–Crippen LogP) is 24.6. The first-order valence-corrected chi connectivity index (χ1v) is 45.8. The lowest BCUT2D eigenvalue weighted by atomic mass is 9.48. The highest BCUT2D eigenvalue weighted by atomic mass is 127. The van der Waals surface area contributed by atoms with Gasteiger partial charge >= 0.3 is 24.1 Å². The van der Waals surface area contributed by atoms with Gasteiger partial charge in [0.2, 0.25) is 12.0 Å². The monoisotopic (exact) mass is 1860 g/mol. The highest BCUT2D eigenvalue weighted by molar-refractivity contribution is 14.1. The van der Waals surface area contributed by atoms with Crippen LogP contribution in [0.15, 0.2) is 170 Å². The van der Waals surface area contributed by atoms with Gasteiger partial charge in [0.1, 0.15) is 34.1 Å². The lowest BCUT2D eigenvalue weighted by Gasteiger charge is -2.60. The van der Waals surface area contributed by atoms with Crippen molar-refractivity contribution < 1.29 is 79.3 Å². The normalized spacial score (nSPS) is 19.9. The zero-order chi connectivity index (χ0) is 85.4. The van der Waals surface area contributed by atoms with Crippen LogP contribution in [0.25, 0.3) is 25.1 Å². The molecule has 116 heavy (non-hydrogen) atoms. The third-order valence-corrected chi connectivity index (χ3v) is 28.7. The van der Waals surface area contributed by atoms with Gasteiger partial charge in [-0.15, -0.1) is 0 Å². The van der Waals surface area contributed by atoms with Crippen molar-refractivity contribution in [3.63, 3.8) is 0 Å². The molecule has 2 amide bonds. The van der Waals surface area contributed by atoms with Crippen LogP contribution in [0, 0.1) is 40.6 Å². The molecule has 0 aliphatic heterocycles. The maximum absolute atomic E-state index is 13.3.